The van der Waals surface area contributed by atoms with Crippen LogP contribution in [0, 0.1) is 6.92 Å². The number of imidazole rings is 1. The number of hydrazine groups is 1. The van der Waals surface area contributed by atoms with E-state index in [4.69, 9.17) is 0 Å². The van der Waals surface area contributed by atoms with Gasteiger partial charge in [0.1, 0.15) is 4.88 Å². The average Bonchev–Trinajstić information content (AvgIpc) is 3.17. The van der Waals surface area contributed by atoms with Crippen molar-refractivity contribution in [3.8, 4) is 0 Å². The monoisotopic (exact) mass is 464 g/mol. The SMILES string of the molecule is Cc1c(C(=O)NNS(=O)(=O)c2ccc(Br)cc2)sc2nc3ccccc3n12. The van der Waals surface area contributed by atoms with E-state index < -0.39 is 15.9 Å². The summed E-state index contributed by atoms with van der Waals surface area (Å²) in [4.78, 5) is 20.3. The minimum atomic E-state index is -3.86. The highest BCUT2D eigenvalue weighted by Crippen LogP contribution is 2.27. The highest BCUT2D eigenvalue weighted by atomic mass is 79.9. The number of nitrogens with one attached hydrogen (secondary N) is 2. The third kappa shape index (κ3) is 3.25. The predicted octanol–water partition coefficient (Wildman–Crippen LogP) is 3.24. The maximum atomic E-state index is 12.5. The van der Waals surface area contributed by atoms with Crippen LogP contribution in [0.3, 0.4) is 0 Å². The van der Waals surface area contributed by atoms with E-state index in [1.807, 2.05) is 28.7 Å². The minimum absolute atomic E-state index is 0.0506. The Morgan fingerprint density at radius 1 is 1.15 bits per heavy atom. The summed E-state index contributed by atoms with van der Waals surface area (Å²) < 4.78 is 27.3. The second-order valence-electron chi connectivity index (χ2n) is 5.75. The van der Waals surface area contributed by atoms with Gasteiger partial charge < -0.3 is 0 Å². The number of rotatable bonds is 4. The van der Waals surface area contributed by atoms with Gasteiger partial charge in [-0.25, -0.2) is 13.4 Å². The maximum absolute atomic E-state index is 12.5. The number of nitrogens with zero attached hydrogens (tertiary/aromatic N) is 2. The Kier molecular flexibility index (Phi) is 4.50. The average molecular weight is 465 g/mol. The van der Waals surface area contributed by atoms with Gasteiger partial charge >= 0.3 is 0 Å². The number of halogens is 1. The number of aromatic nitrogens is 2. The smallest absolute Gasteiger partial charge is 0.278 e. The fourth-order valence-electron chi connectivity index (χ4n) is 2.72. The zero-order chi connectivity index (χ0) is 19.2. The molecule has 2 heterocycles. The summed E-state index contributed by atoms with van der Waals surface area (Å²) >= 11 is 4.46. The van der Waals surface area contributed by atoms with Gasteiger partial charge in [-0.2, -0.15) is 0 Å². The second kappa shape index (κ2) is 6.71. The number of aryl methyl sites for hydroxylation is 1. The van der Waals surface area contributed by atoms with E-state index in [0.29, 0.717) is 15.5 Å². The molecule has 0 bridgehead atoms. The Labute approximate surface area is 167 Å². The molecule has 2 N–H and O–H groups in total. The maximum Gasteiger partial charge on any atom is 0.278 e. The molecule has 7 nitrogen and oxygen atoms in total. The summed E-state index contributed by atoms with van der Waals surface area (Å²) in [5.74, 6) is -0.534. The van der Waals surface area contributed by atoms with Crippen LogP contribution in [0.2, 0.25) is 0 Å². The van der Waals surface area contributed by atoms with Gasteiger partial charge in [-0.15, -0.1) is 4.83 Å². The van der Waals surface area contributed by atoms with E-state index in [1.165, 1.54) is 23.5 Å². The number of hydrogen-bond acceptors (Lipinski definition) is 5. The summed E-state index contributed by atoms with van der Waals surface area (Å²) in [6.07, 6.45) is 0. The van der Waals surface area contributed by atoms with Crippen molar-refractivity contribution in [2.75, 3.05) is 0 Å². The Bertz CT molecular complexity index is 1280. The number of carbonyl (C=O) groups excluding carboxylic acids is 1. The van der Waals surface area contributed by atoms with Gasteiger partial charge in [-0.1, -0.05) is 39.4 Å². The first-order valence-electron chi connectivity index (χ1n) is 7.81. The first kappa shape index (κ1) is 18.1. The number of hydrogen-bond donors (Lipinski definition) is 2. The first-order chi connectivity index (χ1) is 12.9. The van der Waals surface area contributed by atoms with Crippen LogP contribution in [0.1, 0.15) is 15.4 Å². The summed E-state index contributed by atoms with van der Waals surface area (Å²) in [5, 5.41) is 0. The van der Waals surface area contributed by atoms with E-state index in [9.17, 15) is 13.2 Å². The minimum Gasteiger partial charge on any atom is -0.287 e. The molecule has 4 aromatic rings. The number of carbonyl (C=O) groups is 1. The normalized spacial score (nSPS) is 11.9. The molecular formula is C17H13BrN4O3S2. The van der Waals surface area contributed by atoms with Crippen molar-refractivity contribution < 1.29 is 13.2 Å². The van der Waals surface area contributed by atoms with Gasteiger partial charge in [-0.05, 0) is 43.3 Å². The molecule has 0 aliphatic rings. The predicted molar refractivity (Wildman–Crippen MR) is 107 cm³/mol. The molecule has 2 aromatic heterocycles. The van der Waals surface area contributed by atoms with Crippen molar-refractivity contribution in [2.24, 2.45) is 0 Å². The molecule has 0 aliphatic carbocycles. The lowest BCUT2D eigenvalue weighted by Crippen LogP contribution is -2.41. The lowest BCUT2D eigenvalue weighted by molar-refractivity contribution is 0.0948. The van der Waals surface area contributed by atoms with Crippen LogP contribution in [-0.4, -0.2) is 23.7 Å². The lowest BCUT2D eigenvalue weighted by atomic mass is 10.3. The van der Waals surface area contributed by atoms with Crippen LogP contribution in [0.5, 0.6) is 0 Å². The zero-order valence-corrected chi connectivity index (χ0v) is 17.2. The van der Waals surface area contributed by atoms with Crippen LogP contribution in [0.15, 0.2) is 57.9 Å². The molecule has 138 valence electrons. The lowest BCUT2D eigenvalue weighted by Gasteiger charge is -2.08. The highest BCUT2D eigenvalue weighted by molar-refractivity contribution is 9.10. The third-order valence-corrected chi connectivity index (χ3v) is 6.95. The van der Waals surface area contributed by atoms with Gasteiger partial charge in [0.05, 0.1) is 15.9 Å². The van der Waals surface area contributed by atoms with Crippen molar-refractivity contribution in [3.05, 3.63) is 63.6 Å². The van der Waals surface area contributed by atoms with Crippen molar-refractivity contribution in [1.29, 1.82) is 0 Å². The summed E-state index contributed by atoms with van der Waals surface area (Å²) in [5.41, 5.74) is 4.71. The molecule has 0 fully saturated rings. The third-order valence-electron chi connectivity index (χ3n) is 4.02. The van der Waals surface area contributed by atoms with E-state index in [1.54, 1.807) is 19.1 Å². The van der Waals surface area contributed by atoms with Gasteiger partial charge in [0.2, 0.25) is 0 Å². The highest BCUT2D eigenvalue weighted by Gasteiger charge is 2.21. The van der Waals surface area contributed by atoms with Crippen LogP contribution in [0.4, 0.5) is 0 Å². The second-order valence-corrected chi connectivity index (χ2v) is 9.32. The van der Waals surface area contributed by atoms with Gasteiger partial charge in [0, 0.05) is 10.2 Å². The van der Waals surface area contributed by atoms with E-state index >= 15 is 0 Å². The molecule has 4 rings (SSSR count). The van der Waals surface area contributed by atoms with Crippen LogP contribution in [-0.2, 0) is 10.0 Å². The summed E-state index contributed by atoms with van der Waals surface area (Å²) in [6, 6.07) is 13.7. The molecule has 0 spiro atoms. The molecule has 0 atom stereocenters. The number of para-hydroxylation sites is 2. The summed E-state index contributed by atoms with van der Waals surface area (Å²) in [7, 11) is -3.86. The van der Waals surface area contributed by atoms with Crippen molar-refractivity contribution in [3.63, 3.8) is 0 Å². The van der Waals surface area contributed by atoms with Crippen molar-refractivity contribution in [1.82, 2.24) is 19.6 Å². The van der Waals surface area contributed by atoms with E-state index in [-0.39, 0.29) is 4.90 Å². The van der Waals surface area contributed by atoms with Crippen LogP contribution >= 0.6 is 27.3 Å². The quantitative estimate of drug-likeness (QED) is 0.453. The molecule has 27 heavy (non-hydrogen) atoms. The van der Waals surface area contributed by atoms with Crippen molar-refractivity contribution >= 4 is 59.2 Å². The first-order valence-corrected chi connectivity index (χ1v) is 10.9. The number of amides is 1. The largest absolute Gasteiger partial charge is 0.287 e. The molecule has 10 heteroatoms. The Morgan fingerprint density at radius 3 is 2.59 bits per heavy atom. The van der Waals surface area contributed by atoms with E-state index in [0.717, 1.165) is 15.5 Å². The molecule has 0 aliphatic heterocycles. The number of thiazole rings is 1. The number of fused-ring (bicyclic) bond motifs is 3. The van der Waals surface area contributed by atoms with E-state index in [2.05, 4.69) is 31.2 Å². The molecule has 0 unspecified atom stereocenters. The topological polar surface area (TPSA) is 92.6 Å². The van der Waals surface area contributed by atoms with Crippen LogP contribution in [0.25, 0.3) is 16.0 Å². The standard InChI is InChI=1S/C17H13BrN4O3S2/c1-10-15(26-17-19-13-4-2-3-5-14(13)22(10)17)16(23)20-21-27(24,25)12-8-6-11(18)7-9-12/h2-9,21H,1H3,(H,20,23). The molecule has 0 radical (unpaired) electrons. The van der Waals surface area contributed by atoms with Gasteiger partial charge in [0.25, 0.3) is 15.9 Å². The van der Waals surface area contributed by atoms with Crippen molar-refractivity contribution in [2.45, 2.75) is 11.8 Å². The number of sulfonamides is 1. The molecule has 1 amide bonds. The molecule has 0 saturated carbocycles. The Morgan fingerprint density at radius 2 is 1.85 bits per heavy atom. The Balaban J connectivity index is 1.60. The molecular weight excluding hydrogens is 452 g/mol. The zero-order valence-electron chi connectivity index (χ0n) is 13.9. The Hall–Kier alpha value is -2.27. The van der Waals surface area contributed by atoms with Gasteiger partial charge in [0.15, 0.2) is 4.96 Å². The molecule has 2 aromatic carbocycles. The fraction of sp³-hybridized carbons (Fsp3) is 0.0588. The summed E-state index contributed by atoms with van der Waals surface area (Å²) in [6.45, 7) is 1.80. The van der Waals surface area contributed by atoms with Crippen LogP contribution < -0.4 is 10.3 Å². The molecule has 0 saturated heterocycles. The number of benzene rings is 2. The fourth-order valence-corrected chi connectivity index (χ4v) is 4.86. The van der Waals surface area contributed by atoms with Gasteiger partial charge in [-0.3, -0.25) is 14.6 Å².